The highest BCUT2D eigenvalue weighted by atomic mass is 35.5. The Balaban J connectivity index is 1.75. The molecule has 3 heterocycles. The first-order valence-corrected chi connectivity index (χ1v) is 10.5. The van der Waals surface area contributed by atoms with Gasteiger partial charge in [0.2, 0.25) is 0 Å². The van der Waals surface area contributed by atoms with Gasteiger partial charge in [0.1, 0.15) is 11.5 Å². The van der Waals surface area contributed by atoms with Crippen LogP contribution in [0.5, 0.6) is 0 Å². The molecule has 0 atom stereocenters. The molecule has 12 heteroatoms. The molecule has 1 aliphatic carbocycles. The fourth-order valence-corrected chi connectivity index (χ4v) is 4.47. The molecule has 3 aromatic heterocycles. The Kier molecular flexibility index (Phi) is 5.21. The van der Waals surface area contributed by atoms with Crippen LogP contribution in [0.2, 0.25) is 5.02 Å². The molecule has 0 saturated heterocycles. The number of aromatic nitrogens is 5. The number of hydrogen-bond donors (Lipinski definition) is 1. The molecular formula is C22H16ClF4N5O2. The second kappa shape index (κ2) is 7.88. The van der Waals surface area contributed by atoms with E-state index in [0.717, 1.165) is 16.9 Å². The fraction of sp³-hybridized carbons (Fsp3) is 0.273. The summed E-state index contributed by atoms with van der Waals surface area (Å²) in [6, 6.07) is 4.83. The number of aliphatic hydroxyl groups is 1. The minimum absolute atomic E-state index is 0.0135. The molecule has 0 unspecified atom stereocenters. The number of halogens is 5. The van der Waals surface area contributed by atoms with E-state index in [9.17, 15) is 22.7 Å². The van der Waals surface area contributed by atoms with Crippen LogP contribution < -0.4 is 0 Å². The maximum Gasteiger partial charge on any atom is 0.433 e. The molecule has 1 N–H and O–H groups in total. The van der Waals surface area contributed by atoms with E-state index in [1.54, 1.807) is 6.92 Å². The Hall–Kier alpha value is -3.31. The summed E-state index contributed by atoms with van der Waals surface area (Å²) in [5, 5.41) is 17.8. The minimum Gasteiger partial charge on any atom is -0.390 e. The number of hydrogen-bond acceptors (Lipinski definition) is 6. The highest BCUT2D eigenvalue weighted by Crippen LogP contribution is 2.48. The van der Waals surface area contributed by atoms with Gasteiger partial charge in [-0.2, -0.15) is 18.3 Å². The van der Waals surface area contributed by atoms with Crippen LogP contribution in [0.25, 0.3) is 34.0 Å². The maximum absolute atomic E-state index is 14.7. The van der Waals surface area contributed by atoms with Gasteiger partial charge < -0.3 is 9.63 Å². The van der Waals surface area contributed by atoms with E-state index < -0.39 is 34.9 Å². The molecule has 1 aromatic carbocycles. The smallest absolute Gasteiger partial charge is 0.390 e. The first kappa shape index (κ1) is 22.5. The molecule has 176 valence electrons. The Morgan fingerprint density at radius 3 is 2.47 bits per heavy atom. The van der Waals surface area contributed by atoms with Crippen LogP contribution in [0, 0.1) is 5.82 Å². The van der Waals surface area contributed by atoms with E-state index in [1.165, 1.54) is 30.6 Å². The zero-order valence-electron chi connectivity index (χ0n) is 17.5. The first-order chi connectivity index (χ1) is 16.1. The summed E-state index contributed by atoms with van der Waals surface area (Å²) in [5.74, 6) is -1.10. The standard InChI is InChI=1S/C22H16ClF4N5O2/c1-21(33)8-11(9-21)32-19(22(25,26)27)12(10-30-32)18-16(20-28-6-3-7-29-20)17(31-34-18)15-13(23)4-2-5-14(15)24/h2-7,10-11,33H,8-9H2,1H3/t11-,21+. The molecule has 0 radical (unpaired) electrons. The zero-order valence-corrected chi connectivity index (χ0v) is 18.3. The number of benzene rings is 1. The van der Waals surface area contributed by atoms with Crippen LogP contribution >= 0.6 is 11.6 Å². The van der Waals surface area contributed by atoms with Gasteiger partial charge in [-0.15, -0.1) is 0 Å². The lowest BCUT2D eigenvalue weighted by molar-refractivity contribution is -0.148. The van der Waals surface area contributed by atoms with Crippen molar-refractivity contribution in [1.29, 1.82) is 0 Å². The van der Waals surface area contributed by atoms with Crippen molar-refractivity contribution in [2.24, 2.45) is 0 Å². The highest BCUT2D eigenvalue weighted by Gasteiger charge is 2.47. The quantitative estimate of drug-likeness (QED) is 0.374. The summed E-state index contributed by atoms with van der Waals surface area (Å²) in [6.45, 7) is 1.55. The van der Waals surface area contributed by atoms with Crippen LogP contribution in [0.3, 0.4) is 0 Å². The largest absolute Gasteiger partial charge is 0.433 e. The topological polar surface area (TPSA) is 89.9 Å². The van der Waals surface area contributed by atoms with E-state index in [4.69, 9.17) is 16.1 Å². The summed E-state index contributed by atoms with van der Waals surface area (Å²) >= 11 is 6.20. The van der Waals surface area contributed by atoms with Crippen molar-refractivity contribution >= 4 is 11.6 Å². The summed E-state index contributed by atoms with van der Waals surface area (Å²) in [4.78, 5) is 8.23. The summed E-state index contributed by atoms with van der Waals surface area (Å²) < 4.78 is 63.6. The third-order valence-corrected chi connectivity index (χ3v) is 6.00. The minimum atomic E-state index is -4.81. The van der Waals surface area contributed by atoms with Gasteiger partial charge >= 0.3 is 6.18 Å². The lowest BCUT2D eigenvalue weighted by Gasteiger charge is -2.41. The zero-order chi connectivity index (χ0) is 24.3. The van der Waals surface area contributed by atoms with Crippen molar-refractivity contribution in [3.63, 3.8) is 0 Å². The van der Waals surface area contributed by atoms with Gasteiger partial charge in [0.25, 0.3) is 0 Å². The Morgan fingerprint density at radius 1 is 1.15 bits per heavy atom. The van der Waals surface area contributed by atoms with Crippen molar-refractivity contribution in [2.45, 2.75) is 37.6 Å². The predicted molar refractivity (Wildman–Crippen MR) is 113 cm³/mol. The molecule has 1 aliphatic rings. The number of nitrogens with zero attached hydrogens (tertiary/aromatic N) is 5. The second-order valence-electron chi connectivity index (χ2n) is 8.31. The van der Waals surface area contributed by atoms with Crippen molar-refractivity contribution in [1.82, 2.24) is 24.9 Å². The normalized spacial score (nSPS) is 20.4. The van der Waals surface area contributed by atoms with E-state index in [1.807, 2.05) is 0 Å². The van der Waals surface area contributed by atoms with Gasteiger partial charge in [-0.1, -0.05) is 22.8 Å². The predicted octanol–water partition coefficient (Wildman–Crippen LogP) is 5.56. The van der Waals surface area contributed by atoms with E-state index in [-0.39, 0.29) is 46.3 Å². The van der Waals surface area contributed by atoms with Crippen molar-refractivity contribution in [3.8, 4) is 34.0 Å². The van der Waals surface area contributed by atoms with Gasteiger partial charge in [0.05, 0.1) is 39.6 Å². The van der Waals surface area contributed by atoms with Crippen LogP contribution in [-0.2, 0) is 6.18 Å². The van der Waals surface area contributed by atoms with E-state index in [0.29, 0.717) is 0 Å². The number of alkyl halides is 3. The average Bonchev–Trinajstić information content (AvgIpc) is 3.37. The van der Waals surface area contributed by atoms with Crippen molar-refractivity contribution < 1.29 is 27.2 Å². The molecule has 1 saturated carbocycles. The van der Waals surface area contributed by atoms with Crippen LogP contribution in [-0.4, -0.2) is 35.6 Å². The fourth-order valence-electron chi connectivity index (χ4n) is 4.22. The molecular weight excluding hydrogens is 478 g/mol. The lowest BCUT2D eigenvalue weighted by atomic mass is 9.77. The summed E-state index contributed by atoms with van der Waals surface area (Å²) in [5.41, 5.74) is -2.91. The Bertz CT molecular complexity index is 1340. The van der Waals surface area contributed by atoms with E-state index in [2.05, 4.69) is 20.2 Å². The molecule has 4 aromatic rings. The number of rotatable bonds is 4. The Labute approximate surface area is 195 Å². The van der Waals surface area contributed by atoms with Gasteiger partial charge in [0, 0.05) is 12.4 Å². The molecule has 0 aliphatic heterocycles. The molecule has 0 amide bonds. The van der Waals surface area contributed by atoms with Gasteiger partial charge in [0.15, 0.2) is 17.3 Å². The van der Waals surface area contributed by atoms with Gasteiger partial charge in [-0.25, -0.2) is 14.4 Å². The van der Waals surface area contributed by atoms with E-state index >= 15 is 0 Å². The summed E-state index contributed by atoms with van der Waals surface area (Å²) in [6.07, 6.45) is -0.816. The summed E-state index contributed by atoms with van der Waals surface area (Å²) in [7, 11) is 0. The molecule has 5 rings (SSSR count). The molecule has 0 bridgehead atoms. The van der Waals surface area contributed by atoms with Crippen molar-refractivity contribution in [3.05, 3.63) is 59.4 Å². The molecule has 34 heavy (non-hydrogen) atoms. The molecule has 0 spiro atoms. The average molecular weight is 494 g/mol. The second-order valence-corrected chi connectivity index (χ2v) is 8.72. The van der Waals surface area contributed by atoms with Gasteiger partial charge in [-0.3, -0.25) is 4.68 Å². The van der Waals surface area contributed by atoms with Crippen LogP contribution in [0.1, 0.15) is 31.5 Å². The first-order valence-electron chi connectivity index (χ1n) is 10.2. The Morgan fingerprint density at radius 2 is 1.85 bits per heavy atom. The third kappa shape index (κ3) is 3.74. The molecule has 1 fully saturated rings. The van der Waals surface area contributed by atoms with Crippen LogP contribution in [0.15, 0.2) is 47.4 Å². The van der Waals surface area contributed by atoms with Gasteiger partial charge in [-0.05, 0) is 38.0 Å². The van der Waals surface area contributed by atoms with Crippen LogP contribution in [0.4, 0.5) is 17.6 Å². The maximum atomic E-state index is 14.7. The molecule has 7 nitrogen and oxygen atoms in total. The lowest BCUT2D eigenvalue weighted by Crippen LogP contribution is -2.43. The SMILES string of the molecule is C[C@]1(O)C[C@@H](n2ncc(-c3onc(-c4c(F)cccc4Cl)c3-c3ncccn3)c2C(F)(F)F)C1. The highest BCUT2D eigenvalue weighted by molar-refractivity contribution is 6.33. The monoisotopic (exact) mass is 493 g/mol. The van der Waals surface area contributed by atoms with Crippen molar-refractivity contribution in [2.75, 3.05) is 0 Å². The third-order valence-electron chi connectivity index (χ3n) is 5.69.